The Morgan fingerprint density at radius 3 is 1.42 bits per heavy atom. The summed E-state index contributed by atoms with van der Waals surface area (Å²) < 4.78 is 29.5. The van der Waals surface area contributed by atoms with Gasteiger partial charge in [-0.25, -0.2) is 0 Å². The van der Waals surface area contributed by atoms with Crippen LogP contribution in [0.25, 0.3) is 0 Å². The molecule has 0 aliphatic heterocycles. The van der Waals surface area contributed by atoms with Crippen LogP contribution in [0.5, 0.6) is 0 Å². The third kappa shape index (κ3) is 28.6. The van der Waals surface area contributed by atoms with Gasteiger partial charge in [0.05, 0.1) is 11.8 Å². The van der Waals surface area contributed by atoms with Crippen LogP contribution in [-0.4, -0.2) is 30.8 Å². The summed E-state index contributed by atoms with van der Waals surface area (Å²) in [6, 6.07) is 0.116. The zero-order chi connectivity index (χ0) is 18.2. The van der Waals surface area contributed by atoms with Crippen molar-refractivity contribution in [2.24, 2.45) is 16.6 Å². The molecule has 0 aromatic heterocycles. The Kier molecular flexibility index (Phi) is 26.4. The van der Waals surface area contributed by atoms with Crippen molar-refractivity contribution >= 4 is 10.1 Å². The highest BCUT2D eigenvalue weighted by Gasteiger charge is 2.22. The van der Waals surface area contributed by atoms with Gasteiger partial charge in [0, 0.05) is 12.5 Å². The van der Waals surface area contributed by atoms with Gasteiger partial charge in [0.25, 0.3) is 10.1 Å². The van der Waals surface area contributed by atoms with Crippen LogP contribution in [0.2, 0.25) is 0 Å². The Bertz CT molecular complexity index is 392. The largest absolute Gasteiger partial charge is 0.355 e. The topological polar surface area (TPSA) is 108 Å². The molecule has 6 heteroatoms. The average molecular weight is 404 g/mol. The van der Waals surface area contributed by atoms with Crippen molar-refractivity contribution < 1.29 is 18.7 Å². The van der Waals surface area contributed by atoms with Gasteiger partial charge in [-0.1, -0.05) is 84.1 Å². The highest BCUT2D eigenvalue weighted by atomic mass is 32.2. The van der Waals surface area contributed by atoms with E-state index in [0.29, 0.717) is 17.9 Å². The summed E-state index contributed by atoms with van der Waals surface area (Å²) in [4.78, 5) is 0. The third-order valence-electron chi connectivity index (χ3n) is 4.05. The summed E-state index contributed by atoms with van der Waals surface area (Å²) in [5.74, 6) is -0.351. The Labute approximate surface area is 167 Å². The van der Waals surface area contributed by atoms with E-state index in [2.05, 4.69) is 33.4 Å². The van der Waals surface area contributed by atoms with E-state index < -0.39 is 16.2 Å². The van der Waals surface area contributed by atoms with E-state index in [4.69, 9.17) is 10.3 Å². The molecule has 0 amide bonds. The Morgan fingerprint density at radius 1 is 0.923 bits per heavy atom. The predicted molar refractivity (Wildman–Crippen MR) is 121 cm³/mol. The van der Waals surface area contributed by atoms with Crippen LogP contribution in [0.15, 0.2) is 0 Å². The Hall–Kier alpha value is -0.170. The van der Waals surface area contributed by atoms with E-state index in [1.165, 1.54) is 12.8 Å². The summed E-state index contributed by atoms with van der Waals surface area (Å²) in [5.41, 5.74) is 10.1. The fourth-order valence-electron chi connectivity index (χ4n) is 2.27. The van der Waals surface area contributed by atoms with Gasteiger partial charge in [-0.3, -0.25) is 4.55 Å². The van der Waals surface area contributed by atoms with Gasteiger partial charge in [-0.15, -0.1) is 0 Å². The second-order valence-electron chi connectivity index (χ2n) is 8.06. The molecule has 0 saturated heterocycles. The summed E-state index contributed by atoms with van der Waals surface area (Å²) in [7, 11) is -3.93. The van der Waals surface area contributed by atoms with Crippen molar-refractivity contribution in [1.82, 2.24) is 0 Å². The number of nitrogens with two attached hydrogens (primary N) is 1. The van der Waals surface area contributed by atoms with E-state index in [1.807, 2.05) is 20.8 Å². The summed E-state index contributed by atoms with van der Waals surface area (Å²) in [6.45, 7) is 15.1. The highest BCUT2D eigenvalue weighted by molar-refractivity contribution is 7.85. The van der Waals surface area contributed by atoms with E-state index in [1.54, 1.807) is 0 Å². The minimum absolute atomic E-state index is 0. The second kappa shape index (κ2) is 17.0. The van der Waals surface area contributed by atoms with E-state index in [9.17, 15) is 8.42 Å². The van der Waals surface area contributed by atoms with Crippen LogP contribution in [-0.2, 0) is 10.1 Å². The normalized spacial score (nSPS) is 13.3. The molecule has 0 spiro atoms. The number of quaternary nitrogens is 1. The molecule has 0 aliphatic rings. The standard InChI is InChI=1S/C8H19NO3S.C8H19N.4CH4/c1-4-8(2,3)5-7(9)6-13(10,11)12;1-5-8(3,4)6-7(2)9;;;;/h7H,4-6,9H2,1-3H3,(H,10,11,12);7H,5-6,9H2,1-4H3;4*1H4/p+1. The van der Waals surface area contributed by atoms with Crippen LogP contribution in [0.1, 0.15) is 104 Å². The molecule has 0 rings (SSSR count). The van der Waals surface area contributed by atoms with E-state index >= 15 is 0 Å². The lowest BCUT2D eigenvalue weighted by Gasteiger charge is -2.25. The van der Waals surface area contributed by atoms with Crippen molar-refractivity contribution in [3.05, 3.63) is 0 Å². The van der Waals surface area contributed by atoms with Gasteiger partial charge < -0.3 is 11.5 Å². The maximum absolute atomic E-state index is 10.5. The fourth-order valence-corrected chi connectivity index (χ4v) is 2.93. The number of hydrogen-bond donors (Lipinski definition) is 3. The minimum atomic E-state index is -3.93. The molecular formula is C20H55N2O3S+. The van der Waals surface area contributed by atoms with E-state index in [-0.39, 0.29) is 40.9 Å². The molecule has 0 bridgehead atoms. The van der Waals surface area contributed by atoms with Crippen molar-refractivity contribution in [2.75, 3.05) is 5.75 Å². The molecule has 6 N–H and O–H groups in total. The lowest BCUT2D eigenvalue weighted by Crippen LogP contribution is -2.60. The van der Waals surface area contributed by atoms with E-state index in [0.717, 1.165) is 6.42 Å². The number of hydrogen-bond acceptors (Lipinski definition) is 3. The molecule has 168 valence electrons. The lowest BCUT2D eigenvalue weighted by atomic mass is 9.84. The minimum Gasteiger partial charge on any atom is -0.355 e. The molecule has 0 aromatic rings. The predicted octanol–water partition coefficient (Wildman–Crippen LogP) is 5.02. The monoisotopic (exact) mass is 403 g/mol. The van der Waals surface area contributed by atoms with Gasteiger partial charge in [0.1, 0.15) is 0 Å². The first kappa shape index (κ1) is 40.5. The van der Waals surface area contributed by atoms with Crippen LogP contribution < -0.4 is 11.5 Å². The third-order valence-corrected chi connectivity index (χ3v) is 4.90. The molecular weight excluding hydrogens is 348 g/mol. The highest BCUT2D eigenvalue weighted by Crippen LogP contribution is 2.26. The van der Waals surface area contributed by atoms with Crippen molar-refractivity contribution in [2.45, 2.75) is 116 Å². The molecule has 5 nitrogen and oxygen atoms in total. The maximum atomic E-state index is 10.5. The quantitative estimate of drug-likeness (QED) is 0.495. The van der Waals surface area contributed by atoms with Gasteiger partial charge in [-0.05, 0) is 24.2 Å². The van der Waals surface area contributed by atoms with Crippen LogP contribution in [0.4, 0.5) is 0 Å². The van der Waals surface area contributed by atoms with Crippen molar-refractivity contribution in [1.29, 1.82) is 0 Å². The molecule has 0 aromatic carbocycles. The molecule has 0 fully saturated rings. The first-order valence-corrected chi connectivity index (χ1v) is 9.79. The zero-order valence-electron chi connectivity index (χ0n) is 15.6. The number of rotatable bonds is 8. The fraction of sp³-hybridized carbons (Fsp3) is 1.00. The first-order valence-electron chi connectivity index (χ1n) is 8.18. The van der Waals surface area contributed by atoms with Gasteiger partial charge in [0.15, 0.2) is 0 Å². The molecule has 26 heavy (non-hydrogen) atoms. The average Bonchev–Trinajstić information content (AvgIpc) is 2.24. The molecule has 2 atom stereocenters. The molecule has 0 radical (unpaired) electrons. The Morgan fingerprint density at radius 2 is 1.23 bits per heavy atom. The smallest absolute Gasteiger partial charge is 0.266 e. The Balaban J connectivity index is -0.0000000697. The van der Waals surface area contributed by atoms with Crippen LogP contribution in [0, 0.1) is 10.8 Å². The maximum Gasteiger partial charge on any atom is 0.266 e. The lowest BCUT2D eigenvalue weighted by molar-refractivity contribution is -0.419. The summed E-state index contributed by atoms with van der Waals surface area (Å²) in [5, 5.41) is 0. The second-order valence-corrected chi connectivity index (χ2v) is 9.55. The molecule has 0 saturated carbocycles. The molecule has 0 heterocycles. The zero-order valence-corrected chi connectivity index (χ0v) is 16.5. The van der Waals surface area contributed by atoms with Crippen LogP contribution in [0.3, 0.4) is 0 Å². The van der Waals surface area contributed by atoms with Gasteiger partial charge in [-0.2, -0.15) is 8.42 Å². The molecule has 2 unspecified atom stereocenters. The van der Waals surface area contributed by atoms with Gasteiger partial charge in [0.2, 0.25) is 0 Å². The van der Waals surface area contributed by atoms with Gasteiger partial charge >= 0.3 is 0 Å². The summed E-state index contributed by atoms with van der Waals surface area (Å²) in [6.07, 6.45) is 4.03. The van der Waals surface area contributed by atoms with Crippen LogP contribution >= 0.6 is 0 Å². The molecule has 0 aliphatic carbocycles. The SMILES string of the molecule is C.C.C.C.CCC(C)(C)CC(C)[NH3+].CCC(C)(C)CC(N)CS(=O)(=O)O. The van der Waals surface area contributed by atoms with Crippen molar-refractivity contribution in [3.8, 4) is 0 Å². The van der Waals surface area contributed by atoms with Crippen molar-refractivity contribution in [3.63, 3.8) is 0 Å². The summed E-state index contributed by atoms with van der Waals surface area (Å²) >= 11 is 0. The first-order chi connectivity index (χ1) is 9.64.